The minimum absolute atomic E-state index is 0.0871. The van der Waals surface area contributed by atoms with Crippen LogP contribution in [-0.2, 0) is 0 Å². The van der Waals surface area contributed by atoms with Crippen molar-refractivity contribution >= 4 is 0 Å². The molecule has 0 amide bonds. The van der Waals surface area contributed by atoms with Crippen molar-refractivity contribution in [1.29, 1.82) is 0 Å². The van der Waals surface area contributed by atoms with Crippen molar-refractivity contribution in [1.82, 2.24) is 0 Å². The van der Waals surface area contributed by atoms with Gasteiger partial charge < -0.3 is 10.2 Å². The maximum absolute atomic E-state index is 10.3. The summed E-state index contributed by atoms with van der Waals surface area (Å²) in [5.41, 5.74) is 3.60. The van der Waals surface area contributed by atoms with E-state index in [9.17, 15) is 10.2 Å². The van der Waals surface area contributed by atoms with Crippen LogP contribution < -0.4 is 0 Å². The average molecular weight is 236 g/mol. The molecule has 0 bridgehead atoms. The number of fused-ring (bicyclic) bond motifs is 1. The summed E-state index contributed by atoms with van der Waals surface area (Å²) in [5.74, 6) is 0.532. The molecular weight excluding hydrogens is 212 g/mol. The molecule has 2 aliphatic carbocycles. The van der Waals surface area contributed by atoms with Gasteiger partial charge in [-0.1, -0.05) is 23.3 Å². The third-order valence-electron chi connectivity index (χ3n) is 4.92. The number of allylic oxidation sites excluding steroid dienone is 2. The minimum atomic E-state index is -0.364. The highest BCUT2D eigenvalue weighted by molar-refractivity contribution is 5.30. The lowest BCUT2D eigenvalue weighted by atomic mass is 9.59. The molecular formula is C15H24O2. The largest absolute Gasteiger partial charge is 0.395 e. The van der Waals surface area contributed by atoms with Crippen LogP contribution in [0.2, 0.25) is 0 Å². The second-order valence-corrected chi connectivity index (χ2v) is 5.91. The molecule has 0 aromatic carbocycles. The van der Waals surface area contributed by atoms with E-state index in [2.05, 4.69) is 20.4 Å². The third-order valence-corrected chi connectivity index (χ3v) is 4.92. The van der Waals surface area contributed by atoms with Crippen molar-refractivity contribution in [2.24, 2.45) is 11.3 Å². The van der Waals surface area contributed by atoms with Crippen LogP contribution in [0.3, 0.4) is 0 Å². The van der Waals surface area contributed by atoms with Crippen LogP contribution in [0.1, 0.15) is 46.0 Å². The molecule has 0 aliphatic heterocycles. The van der Waals surface area contributed by atoms with E-state index >= 15 is 0 Å². The van der Waals surface area contributed by atoms with Crippen molar-refractivity contribution < 1.29 is 10.2 Å². The van der Waals surface area contributed by atoms with Gasteiger partial charge in [-0.05, 0) is 51.9 Å². The quantitative estimate of drug-likeness (QED) is 0.724. The Kier molecular flexibility index (Phi) is 3.46. The Balaban J connectivity index is 2.35. The molecule has 0 radical (unpaired) electrons. The zero-order valence-corrected chi connectivity index (χ0v) is 11.0. The first-order chi connectivity index (χ1) is 8.01. The monoisotopic (exact) mass is 236 g/mol. The van der Waals surface area contributed by atoms with Crippen molar-refractivity contribution in [2.75, 3.05) is 6.61 Å². The van der Waals surface area contributed by atoms with E-state index in [4.69, 9.17) is 0 Å². The van der Waals surface area contributed by atoms with Gasteiger partial charge >= 0.3 is 0 Å². The van der Waals surface area contributed by atoms with Gasteiger partial charge in [-0.25, -0.2) is 0 Å². The molecule has 0 aromatic heterocycles. The van der Waals surface area contributed by atoms with E-state index in [1.807, 2.05) is 0 Å². The first kappa shape index (κ1) is 12.8. The Morgan fingerprint density at radius 3 is 2.76 bits per heavy atom. The molecule has 0 heterocycles. The summed E-state index contributed by atoms with van der Waals surface area (Å²) in [6.07, 6.45) is 4.34. The fourth-order valence-corrected chi connectivity index (χ4v) is 3.58. The molecule has 2 nitrogen and oxygen atoms in total. The average Bonchev–Trinajstić information content (AvgIpc) is 2.33. The van der Waals surface area contributed by atoms with Gasteiger partial charge in [-0.15, -0.1) is 0 Å². The molecule has 2 rings (SSSR count). The van der Waals surface area contributed by atoms with Crippen molar-refractivity contribution in [3.63, 3.8) is 0 Å². The Labute approximate surface area is 104 Å². The van der Waals surface area contributed by atoms with Crippen LogP contribution in [0, 0.1) is 11.3 Å². The maximum atomic E-state index is 10.3. The van der Waals surface area contributed by atoms with E-state index in [-0.39, 0.29) is 18.1 Å². The predicted molar refractivity (Wildman–Crippen MR) is 69.6 cm³/mol. The van der Waals surface area contributed by atoms with Gasteiger partial charge in [0.2, 0.25) is 0 Å². The van der Waals surface area contributed by atoms with Crippen molar-refractivity contribution in [3.05, 3.63) is 23.3 Å². The van der Waals surface area contributed by atoms with Crippen LogP contribution in [0.5, 0.6) is 0 Å². The van der Waals surface area contributed by atoms with Gasteiger partial charge in [0.15, 0.2) is 0 Å². The minimum Gasteiger partial charge on any atom is -0.395 e. The molecule has 2 aliphatic rings. The molecule has 0 aromatic rings. The van der Waals surface area contributed by atoms with Gasteiger partial charge in [-0.3, -0.25) is 0 Å². The van der Waals surface area contributed by atoms with E-state index in [1.54, 1.807) is 0 Å². The molecule has 96 valence electrons. The van der Waals surface area contributed by atoms with Gasteiger partial charge in [0.05, 0.1) is 12.7 Å². The Morgan fingerprint density at radius 2 is 2.18 bits per heavy atom. The summed E-state index contributed by atoms with van der Waals surface area (Å²) < 4.78 is 0. The fourth-order valence-electron chi connectivity index (χ4n) is 3.58. The zero-order valence-electron chi connectivity index (χ0n) is 11.0. The molecule has 2 N–H and O–H groups in total. The summed E-state index contributed by atoms with van der Waals surface area (Å²) in [5, 5.41) is 20.1. The summed E-state index contributed by atoms with van der Waals surface area (Å²) in [6.45, 7) is 8.40. The van der Waals surface area contributed by atoms with E-state index < -0.39 is 0 Å². The van der Waals surface area contributed by atoms with Crippen molar-refractivity contribution in [2.45, 2.75) is 52.1 Å². The maximum Gasteiger partial charge on any atom is 0.0658 e. The highest BCUT2D eigenvalue weighted by Gasteiger charge is 2.47. The number of aliphatic hydroxyl groups is 2. The Hall–Kier alpha value is -0.600. The third kappa shape index (κ3) is 1.98. The molecule has 17 heavy (non-hydrogen) atoms. The molecule has 3 unspecified atom stereocenters. The molecule has 0 saturated heterocycles. The predicted octanol–water partition coefficient (Wildman–Crippen LogP) is 2.81. The van der Waals surface area contributed by atoms with E-state index in [1.165, 1.54) is 16.7 Å². The molecule has 3 atom stereocenters. The van der Waals surface area contributed by atoms with Gasteiger partial charge in [-0.2, -0.15) is 0 Å². The van der Waals surface area contributed by atoms with Crippen LogP contribution in [-0.4, -0.2) is 22.9 Å². The zero-order chi connectivity index (χ0) is 12.6. The lowest BCUT2D eigenvalue weighted by Crippen LogP contribution is -2.46. The van der Waals surface area contributed by atoms with E-state index in [0.717, 1.165) is 32.1 Å². The SMILES string of the molecule is C=C(C)C1CCC2(CO)C(=C(C)CCC2O)C1. The van der Waals surface area contributed by atoms with Crippen LogP contribution in [0.15, 0.2) is 23.3 Å². The summed E-state index contributed by atoms with van der Waals surface area (Å²) in [6, 6.07) is 0. The second kappa shape index (κ2) is 4.58. The topological polar surface area (TPSA) is 40.5 Å². The highest BCUT2D eigenvalue weighted by Crippen LogP contribution is 2.52. The second-order valence-electron chi connectivity index (χ2n) is 5.91. The van der Waals surface area contributed by atoms with Crippen molar-refractivity contribution in [3.8, 4) is 0 Å². The van der Waals surface area contributed by atoms with Gasteiger partial charge in [0.25, 0.3) is 0 Å². The molecule has 0 spiro atoms. The highest BCUT2D eigenvalue weighted by atomic mass is 16.3. The molecule has 2 heteroatoms. The normalized spacial score (nSPS) is 37.9. The van der Waals surface area contributed by atoms with Crippen LogP contribution in [0.25, 0.3) is 0 Å². The Morgan fingerprint density at radius 1 is 1.47 bits per heavy atom. The standard InChI is InChI=1S/C15H24O2/c1-10(2)12-6-7-15(9-16)13(8-12)11(3)4-5-14(15)17/h12,14,16-17H,1,4-9H2,2-3H3. The first-order valence-electron chi connectivity index (χ1n) is 6.64. The summed E-state index contributed by atoms with van der Waals surface area (Å²) in [4.78, 5) is 0. The van der Waals surface area contributed by atoms with Gasteiger partial charge in [0, 0.05) is 5.41 Å². The van der Waals surface area contributed by atoms with Crippen LogP contribution >= 0.6 is 0 Å². The lowest BCUT2D eigenvalue weighted by Gasteiger charge is -2.48. The lowest BCUT2D eigenvalue weighted by molar-refractivity contribution is -0.0249. The fraction of sp³-hybridized carbons (Fsp3) is 0.733. The number of aliphatic hydroxyl groups excluding tert-OH is 2. The molecule has 1 saturated carbocycles. The van der Waals surface area contributed by atoms with E-state index in [0.29, 0.717) is 5.92 Å². The molecule has 1 fully saturated rings. The summed E-state index contributed by atoms with van der Waals surface area (Å²) in [7, 11) is 0. The van der Waals surface area contributed by atoms with Crippen LogP contribution in [0.4, 0.5) is 0 Å². The van der Waals surface area contributed by atoms with Gasteiger partial charge in [0.1, 0.15) is 0 Å². The number of rotatable bonds is 2. The Bertz CT molecular complexity index is 356. The first-order valence-corrected chi connectivity index (χ1v) is 6.64. The number of hydrogen-bond donors (Lipinski definition) is 2. The summed E-state index contributed by atoms with van der Waals surface area (Å²) >= 11 is 0. The smallest absolute Gasteiger partial charge is 0.0658 e. The number of hydrogen-bond acceptors (Lipinski definition) is 2.